The molecule has 33 heavy (non-hydrogen) atoms. The second kappa shape index (κ2) is 9.49. The van der Waals surface area contributed by atoms with Crippen molar-refractivity contribution >= 4 is 46.2 Å². The van der Waals surface area contributed by atoms with E-state index in [0.717, 1.165) is 18.6 Å². The Morgan fingerprint density at radius 3 is 2.58 bits per heavy atom. The summed E-state index contributed by atoms with van der Waals surface area (Å²) >= 11 is 7.14. The average Bonchev–Trinajstić information content (AvgIpc) is 3.36. The topological polar surface area (TPSA) is 45.8 Å². The predicted molar refractivity (Wildman–Crippen MR) is 125 cm³/mol. The van der Waals surface area contributed by atoms with E-state index in [-0.39, 0.29) is 11.7 Å². The van der Waals surface area contributed by atoms with Gasteiger partial charge in [0.25, 0.3) is 5.91 Å². The summed E-state index contributed by atoms with van der Waals surface area (Å²) in [6, 6.07) is 15.1. The van der Waals surface area contributed by atoms with Gasteiger partial charge in [0.05, 0.1) is 16.2 Å². The molecule has 0 N–H and O–H groups in total. The van der Waals surface area contributed by atoms with Crippen LogP contribution >= 0.6 is 23.4 Å². The molecule has 0 radical (unpaired) electrons. The molecule has 0 saturated carbocycles. The molecule has 0 atom stereocenters. The molecule has 170 valence electrons. The van der Waals surface area contributed by atoms with E-state index in [9.17, 15) is 18.0 Å². The lowest BCUT2D eigenvalue weighted by atomic mass is 10.1. The van der Waals surface area contributed by atoms with Crippen LogP contribution < -0.4 is 0 Å². The van der Waals surface area contributed by atoms with Crippen LogP contribution in [0, 0.1) is 0 Å². The molecule has 4 nitrogen and oxygen atoms in total. The van der Waals surface area contributed by atoms with E-state index in [1.54, 1.807) is 53.4 Å². The van der Waals surface area contributed by atoms with E-state index in [1.807, 2.05) is 6.92 Å². The molecule has 0 spiro atoms. The Hall–Kier alpha value is -2.97. The maximum atomic E-state index is 13.0. The van der Waals surface area contributed by atoms with Gasteiger partial charge in [0.1, 0.15) is 11.5 Å². The van der Waals surface area contributed by atoms with Gasteiger partial charge < -0.3 is 4.42 Å². The number of aliphatic imine (C=N–C) groups is 1. The Balaban J connectivity index is 1.61. The van der Waals surface area contributed by atoms with Crippen LogP contribution in [0.3, 0.4) is 0 Å². The van der Waals surface area contributed by atoms with Crippen LogP contribution in [0.5, 0.6) is 0 Å². The molecular weight excluding hydrogens is 473 g/mol. The van der Waals surface area contributed by atoms with Gasteiger partial charge in [-0.15, -0.1) is 0 Å². The van der Waals surface area contributed by atoms with Crippen LogP contribution in [0.4, 0.5) is 18.9 Å². The minimum atomic E-state index is -4.44. The molecule has 0 unspecified atom stereocenters. The summed E-state index contributed by atoms with van der Waals surface area (Å²) < 4.78 is 44.8. The van der Waals surface area contributed by atoms with Crippen molar-refractivity contribution in [2.24, 2.45) is 4.99 Å². The predicted octanol–water partition coefficient (Wildman–Crippen LogP) is 7.63. The van der Waals surface area contributed by atoms with Crippen molar-refractivity contribution < 1.29 is 22.4 Å². The summed E-state index contributed by atoms with van der Waals surface area (Å²) in [5.41, 5.74) is 0.218. The first-order chi connectivity index (χ1) is 15.7. The van der Waals surface area contributed by atoms with Crippen LogP contribution in [0.25, 0.3) is 17.4 Å². The lowest BCUT2D eigenvalue weighted by molar-refractivity contribution is -0.137. The van der Waals surface area contributed by atoms with Gasteiger partial charge in [0.2, 0.25) is 0 Å². The largest absolute Gasteiger partial charge is 0.457 e. The van der Waals surface area contributed by atoms with Crippen molar-refractivity contribution in [2.45, 2.75) is 19.5 Å². The molecule has 0 bridgehead atoms. The van der Waals surface area contributed by atoms with Crippen LogP contribution in [-0.4, -0.2) is 22.5 Å². The van der Waals surface area contributed by atoms with Gasteiger partial charge in [-0.25, -0.2) is 4.99 Å². The highest BCUT2D eigenvalue weighted by Gasteiger charge is 2.33. The van der Waals surface area contributed by atoms with Gasteiger partial charge in [-0.05, 0) is 66.7 Å². The second-order valence-electron chi connectivity index (χ2n) is 7.22. The maximum absolute atomic E-state index is 13.0. The first kappa shape index (κ1) is 23.2. The van der Waals surface area contributed by atoms with E-state index < -0.39 is 11.7 Å². The lowest BCUT2D eigenvalue weighted by Gasteiger charge is -2.13. The lowest BCUT2D eigenvalue weighted by Crippen LogP contribution is -2.29. The highest BCUT2D eigenvalue weighted by molar-refractivity contribution is 8.18. The molecule has 2 aromatic carbocycles. The molecule has 1 aromatic heterocycles. The Bertz CT molecular complexity index is 1230. The Morgan fingerprint density at radius 1 is 1.12 bits per heavy atom. The summed E-state index contributed by atoms with van der Waals surface area (Å²) in [5.74, 6) is 0.443. The van der Waals surface area contributed by atoms with Gasteiger partial charge in [0, 0.05) is 23.2 Å². The number of carbonyl (C=O) groups is 1. The molecule has 1 aliphatic rings. The fraction of sp³-hybridized carbons (Fsp3) is 0.167. The third kappa shape index (κ3) is 5.34. The third-order valence-electron chi connectivity index (χ3n) is 4.76. The molecular formula is C24H18ClF3N2O2S. The van der Waals surface area contributed by atoms with Gasteiger partial charge >= 0.3 is 6.18 Å². The SMILES string of the molecule is CCCN1C(=O)/C(=C/c2ccc(-c3cccc(C(F)(F)F)c3)o2)SC1=Nc1ccc(Cl)cc1. The number of carbonyl (C=O) groups excluding carboxylic acids is 1. The van der Waals surface area contributed by atoms with Crippen LogP contribution in [-0.2, 0) is 11.0 Å². The Morgan fingerprint density at radius 2 is 1.88 bits per heavy atom. The molecule has 1 amide bonds. The number of amidine groups is 1. The van der Waals surface area contributed by atoms with E-state index >= 15 is 0 Å². The fourth-order valence-corrected chi connectivity index (χ4v) is 4.33. The monoisotopic (exact) mass is 490 g/mol. The molecule has 4 rings (SSSR count). The summed E-state index contributed by atoms with van der Waals surface area (Å²) in [6.07, 6.45) is -2.11. The van der Waals surface area contributed by atoms with Crippen LogP contribution in [0.15, 0.2) is 75.0 Å². The first-order valence-corrected chi connectivity index (χ1v) is 11.3. The molecule has 2 heterocycles. The number of benzene rings is 2. The highest BCUT2D eigenvalue weighted by atomic mass is 35.5. The number of thioether (sulfide) groups is 1. The standard InChI is InChI=1S/C24H18ClF3N2O2S/c1-2-12-30-22(31)21(33-23(30)29-18-8-6-17(25)7-9-18)14-19-10-11-20(32-19)15-4-3-5-16(13-15)24(26,27)28/h3-11,13-14H,2,12H2,1H3/b21-14-,29-23?. The Kier molecular flexibility index (Phi) is 6.67. The quantitative estimate of drug-likeness (QED) is 0.345. The molecule has 0 aliphatic carbocycles. The number of amides is 1. The van der Waals surface area contributed by atoms with Crippen LogP contribution in [0.1, 0.15) is 24.7 Å². The first-order valence-electron chi connectivity index (χ1n) is 10.1. The number of alkyl halides is 3. The molecule has 1 saturated heterocycles. The van der Waals surface area contributed by atoms with Gasteiger partial charge in [-0.3, -0.25) is 9.69 Å². The number of rotatable bonds is 5. The minimum Gasteiger partial charge on any atom is -0.457 e. The second-order valence-corrected chi connectivity index (χ2v) is 8.66. The number of furan rings is 1. The number of hydrogen-bond acceptors (Lipinski definition) is 4. The molecule has 1 fully saturated rings. The summed E-state index contributed by atoms with van der Waals surface area (Å²) in [4.78, 5) is 19.5. The van der Waals surface area contributed by atoms with Crippen molar-refractivity contribution in [3.63, 3.8) is 0 Å². The normalized spacial score (nSPS) is 16.9. The average molecular weight is 491 g/mol. The smallest absolute Gasteiger partial charge is 0.416 e. The van der Waals surface area contributed by atoms with Crippen LogP contribution in [0.2, 0.25) is 5.02 Å². The number of hydrogen-bond donors (Lipinski definition) is 0. The highest BCUT2D eigenvalue weighted by Crippen LogP contribution is 2.36. The Labute approximate surface area is 197 Å². The zero-order valence-corrected chi connectivity index (χ0v) is 19.0. The summed E-state index contributed by atoms with van der Waals surface area (Å²) in [7, 11) is 0. The van der Waals surface area contributed by atoms with Gasteiger partial charge in [0.15, 0.2) is 5.17 Å². The van der Waals surface area contributed by atoms with Crippen molar-refractivity contribution in [3.05, 3.63) is 81.9 Å². The van der Waals surface area contributed by atoms with E-state index in [2.05, 4.69) is 4.99 Å². The third-order valence-corrected chi connectivity index (χ3v) is 6.02. The van der Waals surface area contributed by atoms with E-state index in [4.69, 9.17) is 16.0 Å². The number of halogens is 4. The molecule has 1 aliphatic heterocycles. The van der Waals surface area contributed by atoms with Crippen molar-refractivity contribution in [1.29, 1.82) is 0 Å². The van der Waals surface area contributed by atoms with Gasteiger partial charge in [-0.1, -0.05) is 30.7 Å². The summed E-state index contributed by atoms with van der Waals surface area (Å²) in [5, 5.41) is 1.13. The zero-order valence-electron chi connectivity index (χ0n) is 17.4. The number of nitrogens with zero attached hydrogens (tertiary/aromatic N) is 2. The minimum absolute atomic E-state index is 0.202. The fourth-order valence-electron chi connectivity index (χ4n) is 3.20. The van der Waals surface area contributed by atoms with Crippen molar-refractivity contribution in [2.75, 3.05) is 6.54 Å². The van der Waals surface area contributed by atoms with E-state index in [1.165, 1.54) is 17.8 Å². The van der Waals surface area contributed by atoms with E-state index in [0.29, 0.717) is 38.7 Å². The van der Waals surface area contributed by atoms with Crippen molar-refractivity contribution in [1.82, 2.24) is 4.90 Å². The maximum Gasteiger partial charge on any atom is 0.416 e. The zero-order chi connectivity index (χ0) is 23.6. The molecule has 9 heteroatoms. The van der Waals surface area contributed by atoms with Gasteiger partial charge in [-0.2, -0.15) is 13.2 Å². The van der Waals surface area contributed by atoms with Crippen molar-refractivity contribution in [3.8, 4) is 11.3 Å². The summed E-state index contributed by atoms with van der Waals surface area (Å²) in [6.45, 7) is 2.47. The molecule has 3 aromatic rings.